The molecule has 0 saturated carbocycles. The van der Waals surface area contributed by atoms with Crippen LogP contribution in [0.25, 0.3) is 0 Å². The van der Waals surface area contributed by atoms with Crippen molar-refractivity contribution in [2.45, 2.75) is 77.2 Å². The van der Waals surface area contributed by atoms with Crippen LogP contribution in [0.1, 0.15) is 47.0 Å². The molecule has 146 valence electrons. The second-order valence-corrected chi connectivity index (χ2v) is 7.69. The van der Waals surface area contributed by atoms with Crippen molar-refractivity contribution in [2.75, 3.05) is 0 Å². The Labute approximate surface area is 148 Å². The molecule has 6 atom stereocenters. The van der Waals surface area contributed by atoms with Crippen LogP contribution in [0.5, 0.6) is 0 Å². The molecule has 1 saturated heterocycles. The van der Waals surface area contributed by atoms with Gasteiger partial charge in [-0.1, -0.05) is 39.8 Å². The zero-order chi connectivity index (χ0) is 19.4. The van der Waals surface area contributed by atoms with Crippen LogP contribution >= 0.6 is 0 Å². The Morgan fingerprint density at radius 1 is 1.24 bits per heavy atom. The Bertz CT molecular complexity index is 462. The molecule has 1 rings (SSSR count). The average molecular weight is 360 g/mol. The summed E-state index contributed by atoms with van der Waals surface area (Å²) in [5.41, 5.74) is 0. The molecule has 25 heavy (non-hydrogen) atoms. The first-order chi connectivity index (χ1) is 11.4. The molecule has 1 aliphatic rings. The van der Waals surface area contributed by atoms with Crippen molar-refractivity contribution in [3.63, 3.8) is 0 Å². The van der Waals surface area contributed by atoms with Gasteiger partial charge in [-0.15, -0.1) is 0 Å². The number of rotatable bonds is 8. The number of carboxylic acid groups (broad SMARTS) is 1. The maximum Gasteiger partial charge on any atom is 0.311 e. The van der Waals surface area contributed by atoms with E-state index in [4.69, 9.17) is 4.74 Å². The fourth-order valence-corrected chi connectivity index (χ4v) is 2.98. The first-order valence-electron chi connectivity index (χ1n) is 8.80. The summed E-state index contributed by atoms with van der Waals surface area (Å²) in [7, 11) is 0. The lowest BCUT2D eigenvalue weighted by molar-refractivity contribution is -0.300. The number of aliphatic carboxylic acids is 1. The number of hydrogen-bond acceptors (Lipinski definition) is 6. The van der Waals surface area contributed by atoms with Crippen LogP contribution in [-0.4, -0.2) is 61.7 Å². The van der Waals surface area contributed by atoms with Crippen molar-refractivity contribution in [1.29, 1.82) is 0 Å². The quantitative estimate of drug-likeness (QED) is 0.407. The summed E-state index contributed by atoms with van der Waals surface area (Å²) in [5.74, 6) is -4.23. The molecule has 0 aromatic carbocycles. The molecule has 0 spiro atoms. The molecular weight excluding hydrogens is 328 g/mol. The number of carbonyl (C=O) groups is 1. The van der Waals surface area contributed by atoms with Crippen molar-refractivity contribution in [2.24, 2.45) is 17.8 Å². The van der Waals surface area contributed by atoms with Gasteiger partial charge in [-0.2, -0.15) is 0 Å². The minimum Gasteiger partial charge on any atom is -0.481 e. The summed E-state index contributed by atoms with van der Waals surface area (Å²) in [6.07, 6.45) is -1.39. The summed E-state index contributed by atoms with van der Waals surface area (Å²) in [5, 5.41) is 50.4. The number of aliphatic hydroxyl groups excluding tert-OH is 3. The zero-order valence-corrected chi connectivity index (χ0v) is 15.4. The third-order valence-electron chi connectivity index (χ3n) is 4.49. The molecule has 0 aliphatic carbocycles. The van der Waals surface area contributed by atoms with E-state index in [1.807, 2.05) is 13.8 Å². The van der Waals surface area contributed by atoms with E-state index in [9.17, 15) is 30.3 Å². The van der Waals surface area contributed by atoms with Crippen LogP contribution in [0, 0.1) is 17.8 Å². The Morgan fingerprint density at radius 2 is 1.84 bits per heavy atom. The highest BCUT2D eigenvalue weighted by Gasteiger charge is 2.49. The second kappa shape index (κ2) is 9.09. The lowest BCUT2D eigenvalue weighted by Crippen LogP contribution is -2.56. The standard InChI is InChI=1S/C18H32O7/c1-10(2)5-6-12(19)7-15-16(17(22)23)14(21)9-18(24,25-15)8-13(20)11(3)4/h5-6,10-16,19-21,24H,7-9H2,1-4H3,(H,22,23)/b6-5+/t12-,13+,14-,15-,16+,18+/m0/s1. The van der Waals surface area contributed by atoms with Gasteiger partial charge in [0.15, 0.2) is 5.79 Å². The molecule has 0 radical (unpaired) electrons. The van der Waals surface area contributed by atoms with Crippen molar-refractivity contribution in [1.82, 2.24) is 0 Å². The number of carboxylic acids is 1. The maximum absolute atomic E-state index is 11.5. The first kappa shape index (κ1) is 22.1. The molecule has 0 aromatic rings. The topological polar surface area (TPSA) is 127 Å². The van der Waals surface area contributed by atoms with Gasteiger partial charge in [-0.25, -0.2) is 0 Å². The summed E-state index contributed by atoms with van der Waals surface area (Å²) >= 11 is 0. The van der Waals surface area contributed by atoms with E-state index < -0.39 is 42.1 Å². The summed E-state index contributed by atoms with van der Waals surface area (Å²) in [4.78, 5) is 11.5. The van der Waals surface area contributed by atoms with Gasteiger partial charge in [0.1, 0.15) is 5.92 Å². The highest BCUT2D eigenvalue weighted by Crippen LogP contribution is 2.37. The molecule has 1 heterocycles. The van der Waals surface area contributed by atoms with Crippen LogP contribution in [-0.2, 0) is 9.53 Å². The van der Waals surface area contributed by atoms with Crippen molar-refractivity contribution in [3.8, 4) is 0 Å². The smallest absolute Gasteiger partial charge is 0.311 e. The minimum absolute atomic E-state index is 0.0721. The normalized spacial score (nSPS) is 33.1. The van der Waals surface area contributed by atoms with Crippen LogP contribution in [0.15, 0.2) is 12.2 Å². The average Bonchev–Trinajstić information content (AvgIpc) is 2.43. The van der Waals surface area contributed by atoms with E-state index in [0.29, 0.717) is 0 Å². The fourth-order valence-electron chi connectivity index (χ4n) is 2.98. The maximum atomic E-state index is 11.5. The van der Waals surface area contributed by atoms with E-state index in [1.54, 1.807) is 26.0 Å². The molecule has 1 aliphatic heterocycles. The predicted molar refractivity (Wildman–Crippen MR) is 91.6 cm³/mol. The monoisotopic (exact) mass is 360 g/mol. The summed E-state index contributed by atoms with van der Waals surface area (Å²) in [6, 6.07) is 0. The van der Waals surface area contributed by atoms with E-state index >= 15 is 0 Å². The molecule has 5 N–H and O–H groups in total. The lowest BCUT2D eigenvalue weighted by atomic mass is 9.82. The van der Waals surface area contributed by atoms with Gasteiger partial charge in [0.05, 0.1) is 24.4 Å². The van der Waals surface area contributed by atoms with Crippen molar-refractivity contribution < 1.29 is 35.1 Å². The Balaban J connectivity index is 2.93. The Kier molecular flexibility index (Phi) is 8.02. The second-order valence-electron chi connectivity index (χ2n) is 7.69. The van der Waals surface area contributed by atoms with E-state index in [2.05, 4.69) is 0 Å². The van der Waals surface area contributed by atoms with Gasteiger partial charge < -0.3 is 30.3 Å². The van der Waals surface area contributed by atoms with Crippen LogP contribution < -0.4 is 0 Å². The van der Waals surface area contributed by atoms with Crippen molar-refractivity contribution in [3.05, 3.63) is 12.2 Å². The van der Waals surface area contributed by atoms with Crippen LogP contribution in [0.4, 0.5) is 0 Å². The largest absolute Gasteiger partial charge is 0.481 e. The van der Waals surface area contributed by atoms with E-state index in [1.165, 1.54) is 0 Å². The summed E-state index contributed by atoms with van der Waals surface area (Å²) < 4.78 is 5.58. The Hall–Kier alpha value is -0.990. The molecule has 0 aromatic heterocycles. The minimum atomic E-state index is -1.83. The summed E-state index contributed by atoms with van der Waals surface area (Å²) in [6.45, 7) is 7.45. The zero-order valence-electron chi connectivity index (χ0n) is 15.4. The van der Waals surface area contributed by atoms with Crippen molar-refractivity contribution >= 4 is 5.97 Å². The molecule has 0 amide bonds. The highest BCUT2D eigenvalue weighted by atomic mass is 16.6. The van der Waals surface area contributed by atoms with Gasteiger partial charge in [0.25, 0.3) is 0 Å². The molecule has 7 heteroatoms. The fraction of sp³-hybridized carbons (Fsp3) is 0.833. The molecule has 1 fully saturated rings. The third-order valence-corrected chi connectivity index (χ3v) is 4.49. The number of ether oxygens (including phenoxy) is 1. The lowest BCUT2D eigenvalue weighted by Gasteiger charge is -2.44. The molecule has 7 nitrogen and oxygen atoms in total. The predicted octanol–water partition coefficient (Wildman–Crippen LogP) is 0.896. The number of allylic oxidation sites excluding steroid dienone is 1. The Morgan fingerprint density at radius 3 is 2.32 bits per heavy atom. The SMILES string of the molecule is CC(C)/C=C/[C@H](O)C[C@@H]1O[C@](O)(C[C@@H](O)C(C)C)C[C@H](O)[C@H]1C(=O)O. The number of hydrogen-bond donors (Lipinski definition) is 5. The van der Waals surface area contributed by atoms with Crippen LogP contribution in [0.2, 0.25) is 0 Å². The van der Waals surface area contributed by atoms with Gasteiger partial charge >= 0.3 is 5.97 Å². The molecule has 0 bridgehead atoms. The molecular formula is C18H32O7. The van der Waals surface area contributed by atoms with E-state index in [0.717, 1.165) is 0 Å². The van der Waals surface area contributed by atoms with Crippen LogP contribution in [0.3, 0.4) is 0 Å². The van der Waals surface area contributed by atoms with Gasteiger partial charge in [-0.05, 0) is 11.8 Å². The third kappa shape index (κ3) is 6.67. The van der Waals surface area contributed by atoms with Gasteiger partial charge in [0, 0.05) is 19.3 Å². The van der Waals surface area contributed by atoms with E-state index in [-0.39, 0.29) is 31.1 Å². The van der Waals surface area contributed by atoms with Gasteiger partial charge in [0.2, 0.25) is 0 Å². The number of aliphatic hydroxyl groups is 4. The van der Waals surface area contributed by atoms with Gasteiger partial charge in [-0.3, -0.25) is 4.79 Å². The first-order valence-corrected chi connectivity index (χ1v) is 8.80. The molecule has 0 unspecified atom stereocenters. The highest BCUT2D eigenvalue weighted by molar-refractivity contribution is 5.71.